The first-order chi connectivity index (χ1) is 9.33. The maximum absolute atomic E-state index is 10.6. The zero-order chi connectivity index (χ0) is 13.5. The van der Waals surface area contributed by atoms with Crippen molar-refractivity contribution >= 4 is 0 Å². The highest BCUT2D eigenvalue weighted by molar-refractivity contribution is 5.26. The highest BCUT2D eigenvalue weighted by atomic mass is 16.3. The van der Waals surface area contributed by atoms with Crippen LogP contribution in [0, 0.1) is 0 Å². The second-order valence-electron chi connectivity index (χ2n) is 4.74. The van der Waals surface area contributed by atoms with Crippen molar-refractivity contribution in [1.29, 1.82) is 0 Å². The molecule has 100 valence electrons. The highest BCUT2D eigenvalue weighted by Gasteiger charge is 2.21. The Morgan fingerprint density at radius 2 is 1.32 bits per heavy atom. The first-order valence-corrected chi connectivity index (χ1v) is 6.71. The summed E-state index contributed by atoms with van der Waals surface area (Å²) in [5, 5.41) is 19.6. The first kappa shape index (κ1) is 13.8. The van der Waals surface area contributed by atoms with Gasteiger partial charge in [0.1, 0.15) is 0 Å². The van der Waals surface area contributed by atoms with Gasteiger partial charge in [0.2, 0.25) is 0 Å². The standard InChI is InChI=1S/C17H20O2/c18-13-7-12-16(14-8-3-1-4-9-14)17(19)15-10-5-2-6-11-15/h1-6,8-11,16-19H,7,12-13H2/t16-,17-/m1/s1. The van der Waals surface area contributed by atoms with Crippen molar-refractivity contribution in [1.82, 2.24) is 0 Å². The number of aliphatic hydroxyl groups is 2. The van der Waals surface area contributed by atoms with Gasteiger partial charge in [-0.3, -0.25) is 0 Å². The zero-order valence-electron chi connectivity index (χ0n) is 10.9. The molecule has 19 heavy (non-hydrogen) atoms. The van der Waals surface area contributed by atoms with Gasteiger partial charge in [-0.25, -0.2) is 0 Å². The van der Waals surface area contributed by atoms with E-state index >= 15 is 0 Å². The number of rotatable bonds is 6. The molecule has 2 nitrogen and oxygen atoms in total. The summed E-state index contributed by atoms with van der Waals surface area (Å²) in [6.07, 6.45) is 0.940. The summed E-state index contributed by atoms with van der Waals surface area (Å²) in [4.78, 5) is 0. The SMILES string of the molecule is OCCC[C@H](c1ccccc1)[C@H](O)c1ccccc1. The molecule has 2 heteroatoms. The number of benzene rings is 2. The predicted molar refractivity (Wildman–Crippen MR) is 76.9 cm³/mol. The minimum absolute atomic E-state index is 0.0238. The molecule has 2 atom stereocenters. The molecular formula is C17H20O2. The number of hydrogen-bond acceptors (Lipinski definition) is 2. The van der Waals surface area contributed by atoms with E-state index in [2.05, 4.69) is 0 Å². The van der Waals surface area contributed by atoms with Crippen LogP contribution in [-0.4, -0.2) is 16.8 Å². The zero-order valence-corrected chi connectivity index (χ0v) is 10.9. The Hall–Kier alpha value is -1.64. The van der Waals surface area contributed by atoms with Gasteiger partial charge in [0.15, 0.2) is 0 Å². The lowest BCUT2D eigenvalue weighted by Gasteiger charge is -2.23. The van der Waals surface area contributed by atoms with Crippen LogP contribution in [0.2, 0.25) is 0 Å². The Morgan fingerprint density at radius 1 is 0.789 bits per heavy atom. The van der Waals surface area contributed by atoms with Crippen molar-refractivity contribution < 1.29 is 10.2 Å². The van der Waals surface area contributed by atoms with Crippen LogP contribution in [0.3, 0.4) is 0 Å². The van der Waals surface area contributed by atoms with E-state index in [1.807, 2.05) is 60.7 Å². The van der Waals surface area contributed by atoms with Gasteiger partial charge in [0, 0.05) is 12.5 Å². The van der Waals surface area contributed by atoms with Crippen LogP contribution in [0.25, 0.3) is 0 Å². The lowest BCUT2D eigenvalue weighted by Crippen LogP contribution is -2.11. The summed E-state index contributed by atoms with van der Waals surface area (Å²) in [5.41, 5.74) is 2.04. The maximum atomic E-state index is 10.6. The molecule has 0 bridgehead atoms. The number of aliphatic hydroxyl groups excluding tert-OH is 2. The third-order valence-electron chi connectivity index (χ3n) is 3.42. The van der Waals surface area contributed by atoms with Crippen molar-refractivity contribution in [3.05, 3.63) is 71.8 Å². The van der Waals surface area contributed by atoms with E-state index in [4.69, 9.17) is 5.11 Å². The minimum Gasteiger partial charge on any atom is -0.396 e. The summed E-state index contributed by atoms with van der Waals surface area (Å²) in [6, 6.07) is 19.7. The molecule has 0 spiro atoms. The maximum Gasteiger partial charge on any atom is 0.0858 e. The summed E-state index contributed by atoms with van der Waals surface area (Å²) in [7, 11) is 0. The molecule has 0 aliphatic heterocycles. The summed E-state index contributed by atoms with van der Waals surface area (Å²) < 4.78 is 0. The van der Waals surface area contributed by atoms with Gasteiger partial charge in [-0.05, 0) is 24.0 Å². The molecule has 0 amide bonds. The van der Waals surface area contributed by atoms with Crippen molar-refractivity contribution in [3.63, 3.8) is 0 Å². The van der Waals surface area contributed by atoms with Crippen LogP contribution < -0.4 is 0 Å². The molecule has 0 radical (unpaired) electrons. The summed E-state index contributed by atoms with van der Waals surface area (Å²) in [6.45, 7) is 0.158. The Balaban J connectivity index is 2.22. The topological polar surface area (TPSA) is 40.5 Å². The molecule has 2 aromatic carbocycles. The molecular weight excluding hydrogens is 236 g/mol. The fraction of sp³-hybridized carbons (Fsp3) is 0.294. The molecule has 2 rings (SSSR count). The van der Waals surface area contributed by atoms with Gasteiger partial charge in [0.05, 0.1) is 6.10 Å². The van der Waals surface area contributed by atoms with Gasteiger partial charge in [0.25, 0.3) is 0 Å². The Morgan fingerprint density at radius 3 is 1.84 bits per heavy atom. The molecule has 2 aromatic rings. The average molecular weight is 256 g/mol. The molecule has 2 N–H and O–H groups in total. The Kier molecular flexibility index (Phi) is 5.13. The van der Waals surface area contributed by atoms with Gasteiger partial charge in [-0.2, -0.15) is 0 Å². The fourth-order valence-electron chi connectivity index (χ4n) is 2.40. The molecule has 0 saturated heterocycles. The van der Waals surface area contributed by atoms with E-state index < -0.39 is 6.10 Å². The van der Waals surface area contributed by atoms with Crippen LogP contribution >= 0.6 is 0 Å². The smallest absolute Gasteiger partial charge is 0.0858 e. The van der Waals surface area contributed by atoms with E-state index in [-0.39, 0.29) is 12.5 Å². The lowest BCUT2D eigenvalue weighted by atomic mass is 9.86. The van der Waals surface area contributed by atoms with Crippen LogP contribution in [0.4, 0.5) is 0 Å². The van der Waals surface area contributed by atoms with Crippen molar-refractivity contribution in [2.75, 3.05) is 6.61 Å². The molecule has 0 aromatic heterocycles. The summed E-state index contributed by atoms with van der Waals surface area (Å²) in [5.74, 6) is 0.0238. The largest absolute Gasteiger partial charge is 0.396 e. The lowest BCUT2D eigenvalue weighted by molar-refractivity contribution is 0.135. The fourth-order valence-corrected chi connectivity index (χ4v) is 2.40. The molecule has 0 saturated carbocycles. The van der Waals surface area contributed by atoms with Crippen LogP contribution in [0.15, 0.2) is 60.7 Å². The normalized spacial score (nSPS) is 14.0. The Bertz CT molecular complexity index is 467. The quantitative estimate of drug-likeness (QED) is 0.832. The highest BCUT2D eigenvalue weighted by Crippen LogP contribution is 2.34. The second kappa shape index (κ2) is 7.07. The van der Waals surface area contributed by atoms with E-state index in [1.54, 1.807) is 0 Å². The third-order valence-corrected chi connectivity index (χ3v) is 3.42. The van der Waals surface area contributed by atoms with Gasteiger partial charge in [-0.15, -0.1) is 0 Å². The monoisotopic (exact) mass is 256 g/mol. The van der Waals surface area contributed by atoms with Gasteiger partial charge in [-0.1, -0.05) is 60.7 Å². The minimum atomic E-state index is -0.532. The van der Waals surface area contributed by atoms with Crippen molar-refractivity contribution in [2.24, 2.45) is 0 Å². The predicted octanol–water partition coefficient (Wildman–Crippen LogP) is 3.28. The van der Waals surface area contributed by atoms with E-state index in [0.29, 0.717) is 6.42 Å². The first-order valence-electron chi connectivity index (χ1n) is 6.71. The van der Waals surface area contributed by atoms with Crippen molar-refractivity contribution in [2.45, 2.75) is 24.9 Å². The molecule has 0 heterocycles. The Labute approximate surface area is 114 Å². The second-order valence-corrected chi connectivity index (χ2v) is 4.74. The van der Waals surface area contributed by atoms with E-state index in [0.717, 1.165) is 17.5 Å². The van der Waals surface area contributed by atoms with Gasteiger partial charge >= 0.3 is 0 Å². The van der Waals surface area contributed by atoms with Crippen LogP contribution in [0.5, 0.6) is 0 Å². The third kappa shape index (κ3) is 3.66. The van der Waals surface area contributed by atoms with E-state index in [1.165, 1.54) is 0 Å². The molecule has 0 aliphatic carbocycles. The summed E-state index contributed by atoms with van der Waals surface area (Å²) >= 11 is 0. The van der Waals surface area contributed by atoms with Crippen LogP contribution in [0.1, 0.15) is 36.0 Å². The molecule has 0 fully saturated rings. The van der Waals surface area contributed by atoms with Crippen LogP contribution in [-0.2, 0) is 0 Å². The van der Waals surface area contributed by atoms with Gasteiger partial charge < -0.3 is 10.2 Å². The average Bonchev–Trinajstić information content (AvgIpc) is 2.49. The molecule has 0 aliphatic rings. The van der Waals surface area contributed by atoms with E-state index in [9.17, 15) is 5.11 Å². The van der Waals surface area contributed by atoms with Crippen molar-refractivity contribution in [3.8, 4) is 0 Å². The molecule has 0 unspecified atom stereocenters. The number of hydrogen-bond donors (Lipinski definition) is 2.